The molecule has 0 bridgehead atoms. The minimum Gasteiger partial charge on any atom is -0.393 e. The van der Waals surface area contributed by atoms with Gasteiger partial charge in [0.25, 0.3) is 0 Å². The van der Waals surface area contributed by atoms with Gasteiger partial charge < -0.3 is 10.2 Å². The van der Waals surface area contributed by atoms with Gasteiger partial charge in [0.15, 0.2) is 0 Å². The van der Waals surface area contributed by atoms with Gasteiger partial charge in [0.1, 0.15) is 0 Å². The first-order valence-electron chi connectivity index (χ1n) is 10.3. The molecule has 2 heteroatoms. The lowest BCUT2D eigenvalue weighted by Gasteiger charge is -2.60. The first-order valence-corrected chi connectivity index (χ1v) is 10.3. The van der Waals surface area contributed by atoms with Crippen LogP contribution in [0.15, 0.2) is 0 Å². The maximum absolute atomic E-state index is 10.7. The largest absolute Gasteiger partial charge is 0.393 e. The Morgan fingerprint density at radius 2 is 1.61 bits per heavy atom. The van der Waals surface area contributed by atoms with Crippen molar-refractivity contribution in [2.24, 2.45) is 40.4 Å². The third-order valence-electron chi connectivity index (χ3n) is 9.32. The number of hydrogen-bond donors (Lipinski definition) is 2. The number of fused-ring (bicyclic) bond motifs is 5. The van der Waals surface area contributed by atoms with E-state index in [0.717, 1.165) is 49.4 Å². The molecular formula is C21H36O2. The maximum Gasteiger partial charge on any atom is 0.0576 e. The molecule has 4 rings (SSSR count). The number of aliphatic hydroxyl groups is 2. The molecule has 132 valence electrons. The van der Waals surface area contributed by atoms with E-state index >= 15 is 0 Å². The molecule has 4 aliphatic carbocycles. The summed E-state index contributed by atoms with van der Waals surface area (Å²) in [7, 11) is 0. The lowest BCUT2D eigenvalue weighted by molar-refractivity contribution is -0.127. The van der Waals surface area contributed by atoms with Crippen LogP contribution >= 0.6 is 0 Å². The SMILES string of the molecule is CC[C@H]1C(O)CC2C3CCC4CC(O)CCC4(C)C3CCC21C. The highest BCUT2D eigenvalue weighted by Gasteiger charge is 2.61. The second kappa shape index (κ2) is 5.46. The Morgan fingerprint density at radius 3 is 2.35 bits per heavy atom. The molecule has 4 saturated carbocycles. The molecule has 0 heterocycles. The number of aliphatic hydroxyl groups excluding tert-OH is 2. The van der Waals surface area contributed by atoms with Crippen molar-refractivity contribution in [3.05, 3.63) is 0 Å². The lowest BCUT2D eigenvalue weighted by Crippen LogP contribution is -2.53. The Morgan fingerprint density at radius 1 is 0.870 bits per heavy atom. The summed E-state index contributed by atoms with van der Waals surface area (Å²) in [6, 6.07) is 0. The van der Waals surface area contributed by atoms with Crippen molar-refractivity contribution < 1.29 is 10.2 Å². The van der Waals surface area contributed by atoms with Gasteiger partial charge in [-0.1, -0.05) is 27.2 Å². The van der Waals surface area contributed by atoms with Crippen LogP contribution in [0, 0.1) is 40.4 Å². The van der Waals surface area contributed by atoms with E-state index in [1.165, 1.54) is 32.1 Å². The van der Waals surface area contributed by atoms with E-state index in [1.807, 2.05) is 0 Å². The van der Waals surface area contributed by atoms with Gasteiger partial charge in [-0.25, -0.2) is 0 Å². The van der Waals surface area contributed by atoms with E-state index in [9.17, 15) is 10.2 Å². The van der Waals surface area contributed by atoms with Gasteiger partial charge in [0.2, 0.25) is 0 Å². The molecule has 8 unspecified atom stereocenters. The molecule has 0 saturated heterocycles. The Labute approximate surface area is 142 Å². The Kier molecular flexibility index (Phi) is 3.89. The van der Waals surface area contributed by atoms with Crippen LogP contribution in [0.1, 0.15) is 78.6 Å². The van der Waals surface area contributed by atoms with Crippen molar-refractivity contribution in [1.29, 1.82) is 0 Å². The fraction of sp³-hybridized carbons (Fsp3) is 1.00. The van der Waals surface area contributed by atoms with Gasteiger partial charge in [-0.3, -0.25) is 0 Å². The third kappa shape index (κ3) is 2.20. The third-order valence-corrected chi connectivity index (χ3v) is 9.32. The molecule has 4 aliphatic rings. The highest BCUT2D eigenvalue weighted by Crippen LogP contribution is 2.67. The topological polar surface area (TPSA) is 40.5 Å². The number of hydrogen-bond acceptors (Lipinski definition) is 2. The molecule has 0 spiro atoms. The van der Waals surface area contributed by atoms with Crippen LogP contribution in [0.3, 0.4) is 0 Å². The van der Waals surface area contributed by atoms with Crippen LogP contribution in [0.4, 0.5) is 0 Å². The van der Waals surface area contributed by atoms with Gasteiger partial charge in [-0.15, -0.1) is 0 Å². The molecule has 0 aromatic heterocycles. The van der Waals surface area contributed by atoms with Crippen molar-refractivity contribution in [2.45, 2.75) is 90.8 Å². The summed E-state index contributed by atoms with van der Waals surface area (Å²) < 4.78 is 0. The molecule has 0 aromatic rings. The summed E-state index contributed by atoms with van der Waals surface area (Å²) in [4.78, 5) is 0. The van der Waals surface area contributed by atoms with Gasteiger partial charge in [0.05, 0.1) is 12.2 Å². The molecule has 9 atom stereocenters. The lowest BCUT2D eigenvalue weighted by atomic mass is 9.44. The van der Waals surface area contributed by atoms with Crippen LogP contribution < -0.4 is 0 Å². The van der Waals surface area contributed by atoms with E-state index in [2.05, 4.69) is 20.8 Å². The van der Waals surface area contributed by atoms with E-state index in [0.29, 0.717) is 16.7 Å². The summed E-state index contributed by atoms with van der Waals surface area (Å²) in [5.41, 5.74) is 0.839. The van der Waals surface area contributed by atoms with E-state index in [1.54, 1.807) is 0 Å². The zero-order valence-electron chi connectivity index (χ0n) is 15.3. The summed E-state index contributed by atoms with van der Waals surface area (Å²) in [6.45, 7) is 7.32. The molecule has 0 aromatic carbocycles. The highest BCUT2D eigenvalue weighted by atomic mass is 16.3. The maximum atomic E-state index is 10.7. The molecule has 23 heavy (non-hydrogen) atoms. The van der Waals surface area contributed by atoms with E-state index in [4.69, 9.17) is 0 Å². The fourth-order valence-corrected chi connectivity index (χ4v) is 8.09. The van der Waals surface area contributed by atoms with Crippen LogP contribution in [0.2, 0.25) is 0 Å². The van der Waals surface area contributed by atoms with Crippen LogP contribution in [-0.4, -0.2) is 22.4 Å². The van der Waals surface area contributed by atoms with Crippen LogP contribution in [0.5, 0.6) is 0 Å². The van der Waals surface area contributed by atoms with Crippen LogP contribution in [0.25, 0.3) is 0 Å². The standard InChI is InChI=1S/C21H36O2/c1-4-16-19(23)12-18-15-6-5-13-11-14(22)7-9-20(13,2)17(15)8-10-21(16,18)3/h13-19,22-23H,4-12H2,1-3H3/t13?,14?,15?,16-,17?,18?,19?,20?,21?/m0/s1. The van der Waals surface area contributed by atoms with Gasteiger partial charge >= 0.3 is 0 Å². The highest BCUT2D eigenvalue weighted by molar-refractivity contribution is 5.10. The predicted octanol–water partition coefficient (Wildman–Crippen LogP) is 4.39. The molecule has 4 fully saturated rings. The normalized spacial score (nSPS) is 59.1. The zero-order valence-corrected chi connectivity index (χ0v) is 15.3. The van der Waals surface area contributed by atoms with Gasteiger partial charge in [0, 0.05) is 0 Å². The predicted molar refractivity (Wildman–Crippen MR) is 92.9 cm³/mol. The minimum atomic E-state index is -0.0625. The average Bonchev–Trinajstić information content (AvgIpc) is 2.77. The van der Waals surface area contributed by atoms with Crippen molar-refractivity contribution in [2.75, 3.05) is 0 Å². The molecule has 2 N–H and O–H groups in total. The zero-order chi connectivity index (χ0) is 16.4. The van der Waals surface area contributed by atoms with Crippen molar-refractivity contribution >= 4 is 0 Å². The second-order valence-electron chi connectivity index (χ2n) is 9.95. The molecule has 0 aliphatic heterocycles. The second-order valence-corrected chi connectivity index (χ2v) is 9.95. The smallest absolute Gasteiger partial charge is 0.0576 e. The number of rotatable bonds is 1. The van der Waals surface area contributed by atoms with Gasteiger partial charge in [-0.05, 0) is 91.8 Å². The van der Waals surface area contributed by atoms with Crippen molar-refractivity contribution in [1.82, 2.24) is 0 Å². The van der Waals surface area contributed by atoms with E-state index in [-0.39, 0.29) is 12.2 Å². The molecule has 0 amide bonds. The quantitative estimate of drug-likeness (QED) is 0.752. The molecule has 2 nitrogen and oxygen atoms in total. The summed E-state index contributed by atoms with van der Waals surface area (Å²) >= 11 is 0. The van der Waals surface area contributed by atoms with Gasteiger partial charge in [-0.2, -0.15) is 0 Å². The molecule has 0 radical (unpaired) electrons. The Balaban J connectivity index is 1.62. The average molecular weight is 321 g/mol. The first kappa shape index (κ1) is 16.4. The fourth-order valence-electron chi connectivity index (χ4n) is 8.09. The van der Waals surface area contributed by atoms with E-state index < -0.39 is 0 Å². The summed E-state index contributed by atoms with van der Waals surface area (Å²) in [5, 5.41) is 20.8. The molecular weight excluding hydrogens is 284 g/mol. The first-order chi connectivity index (χ1) is 10.9. The Hall–Kier alpha value is -0.0800. The minimum absolute atomic E-state index is 0.0451. The van der Waals surface area contributed by atoms with Crippen molar-refractivity contribution in [3.8, 4) is 0 Å². The summed E-state index contributed by atoms with van der Waals surface area (Å²) in [6.07, 6.45) is 10.7. The Bertz CT molecular complexity index is 463. The van der Waals surface area contributed by atoms with Crippen LogP contribution in [-0.2, 0) is 0 Å². The monoisotopic (exact) mass is 320 g/mol. The summed E-state index contributed by atoms with van der Waals surface area (Å²) in [5.74, 6) is 3.68. The van der Waals surface area contributed by atoms with Crippen molar-refractivity contribution in [3.63, 3.8) is 0 Å².